The van der Waals surface area contributed by atoms with Crippen molar-refractivity contribution >= 4 is 16.1 Å². The number of carbonyl (C=O) groups is 1. The van der Waals surface area contributed by atoms with Gasteiger partial charge in [0.15, 0.2) is 5.89 Å². The van der Waals surface area contributed by atoms with Crippen molar-refractivity contribution in [3.05, 3.63) is 17.3 Å². The number of nitrogens with zero attached hydrogens (tertiary/aromatic N) is 3. The number of hydrogen-bond donors (Lipinski definition) is 1. The Labute approximate surface area is 111 Å². The molecule has 0 aromatic carbocycles. The monoisotopic (exact) mass is 288 g/mol. The highest BCUT2D eigenvalue weighted by atomic mass is 32.2. The summed E-state index contributed by atoms with van der Waals surface area (Å²) in [4.78, 5) is 17.8. The smallest absolute Gasteiger partial charge is 0.291 e. The van der Waals surface area contributed by atoms with Crippen LogP contribution < -0.4 is 5.14 Å². The zero-order chi connectivity index (χ0) is 14.2. The van der Waals surface area contributed by atoms with E-state index in [0.29, 0.717) is 11.6 Å². The van der Waals surface area contributed by atoms with E-state index in [1.807, 2.05) is 0 Å². The third kappa shape index (κ3) is 2.94. The molecule has 1 saturated heterocycles. The van der Waals surface area contributed by atoms with E-state index in [0.717, 1.165) is 4.31 Å². The molecule has 1 fully saturated rings. The fraction of sp³-hybridized carbons (Fsp3) is 0.600. The summed E-state index contributed by atoms with van der Waals surface area (Å²) in [5.74, 6) is 0.373. The van der Waals surface area contributed by atoms with Crippen LogP contribution in [0, 0.1) is 13.8 Å². The summed E-state index contributed by atoms with van der Waals surface area (Å²) in [5.41, 5.74) is 0.538. The number of nitrogens with two attached hydrogens (primary N) is 1. The highest BCUT2D eigenvalue weighted by Gasteiger charge is 2.29. The average Bonchev–Trinajstić information content (AvgIpc) is 2.66. The molecule has 1 aromatic heterocycles. The van der Waals surface area contributed by atoms with Crippen LogP contribution in [0.15, 0.2) is 4.42 Å². The summed E-state index contributed by atoms with van der Waals surface area (Å²) in [7, 11) is -3.68. The minimum atomic E-state index is -3.68. The lowest BCUT2D eigenvalue weighted by atomic mass is 10.3. The van der Waals surface area contributed by atoms with E-state index >= 15 is 0 Å². The molecule has 0 aliphatic carbocycles. The minimum absolute atomic E-state index is 0.191. The van der Waals surface area contributed by atoms with Crippen LogP contribution in [-0.2, 0) is 10.2 Å². The van der Waals surface area contributed by atoms with Crippen LogP contribution >= 0.6 is 0 Å². The Balaban J connectivity index is 2.06. The van der Waals surface area contributed by atoms with Crippen molar-refractivity contribution in [2.45, 2.75) is 13.8 Å². The first-order valence-electron chi connectivity index (χ1n) is 5.80. The maximum absolute atomic E-state index is 12.2. The Hall–Kier alpha value is -1.45. The highest BCUT2D eigenvalue weighted by Crippen LogP contribution is 2.14. The summed E-state index contributed by atoms with van der Waals surface area (Å²) in [6, 6.07) is 0. The zero-order valence-electron chi connectivity index (χ0n) is 10.8. The zero-order valence-corrected chi connectivity index (χ0v) is 11.6. The lowest BCUT2D eigenvalue weighted by Crippen LogP contribution is -2.52. The van der Waals surface area contributed by atoms with Gasteiger partial charge in [-0.25, -0.2) is 10.1 Å². The van der Waals surface area contributed by atoms with Crippen molar-refractivity contribution in [3.63, 3.8) is 0 Å². The topological polar surface area (TPSA) is 110 Å². The number of hydrogen-bond acceptors (Lipinski definition) is 5. The molecule has 2 N–H and O–H groups in total. The molecule has 0 atom stereocenters. The summed E-state index contributed by atoms with van der Waals surface area (Å²) in [6.45, 7) is 4.32. The molecular formula is C10H16N4O4S. The van der Waals surface area contributed by atoms with Gasteiger partial charge in [-0.2, -0.15) is 12.7 Å². The first-order valence-corrected chi connectivity index (χ1v) is 7.30. The molecule has 0 spiro atoms. The van der Waals surface area contributed by atoms with Crippen molar-refractivity contribution < 1.29 is 17.6 Å². The van der Waals surface area contributed by atoms with Crippen LogP contribution in [0.2, 0.25) is 0 Å². The van der Waals surface area contributed by atoms with Gasteiger partial charge in [0.05, 0.1) is 5.69 Å². The lowest BCUT2D eigenvalue weighted by molar-refractivity contribution is 0.0663. The number of piperazine rings is 1. The lowest BCUT2D eigenvalue weighted by Gasteiger charge is -2.32. The number of carbonyl (C=O) groups excluding carboxylic acids is 1. The van der Waals surface area contributed by atoms with Gasteiger partial charge in [-0.1, -0.05) is 0 Å². The van der Waals surface area contributed by atoms with Crippen molar-refractivity contribution in [2.75, 3.05) is 26.2 Å². The Kier molecular flexibility index (Phi) is 3.61. The SMILES string of the molecule is Cc1nc(C)c(C(=O)N2CCN(S(N)(=O)=O)CC2)o1. The second-order valence-electron chi connectivity index (χ2n) is 4.38. The Bertz CT molecular complexity index is 587. The minimum Gasteiger partial charge on any atom is -0.436 e. The summed E-state index contributed by atoms with van der Waals surface area (Å²) in [6.07, 6.45) is 0. The number of rotatable bonds is 2. The quantitative estimate of drug-likeness (QED) is 0.770. The van der Waals surface area contributed by atoms with E-state index in [2.05, 4.69) is 4.98 Å². The van der Waals surface area contributed by atoms with E-state index in [9.17, 15) is 13.2 Å². The molecule has 1 aliphatic heterocycles. The van der Waals surface area contributed by atoms with E-state index in [1.165, 1.54) is 4.90 Å². The van der Waals surface area contributed by atoms with Gasteiger partial charge in [-0.05, 0) is 6.92 Å². The molecule has 9 heteroatoms. The molecule has 1 aliphatic rings. The van der Waals surface area contributed by atoms with Crippen molar-refractivity contribution in [1.29, 1.82) is 0 Å². The molecule has 19 heavy (non-hydrogen) atoms. The number of oxazole rings is 1. The van der Waals surface area contributed by atoms with Gasteiger partial charge >= 0.3 is 0 Å². The molecule has 2 rings (SSSR count). The van der Waals surface area contributed by atoms with Gasteiger partial charge in [-0.3, -0.25) is 4.79 Å². The highest BCUT2D eigenvalue weighted by molar-refractivity contribution is 7.86. The van der Waals surface area contributed by atoms with Crippen LogP contribution in [0.25, 0.3) is 0 Å². The van der Waals surface area contributed by atoms with Gasteiger partial charge in [0.2, 0.25) is 5.76 Å². The fourth-order valence-corrected chi connectivity index (χ4v) is 2.69. The standard InChI is InChI=1S/C10H16N4O4S/c1-7-9(18-8(2)12-7)10(15)13-3-5-14(6-4-13)19(11,16)17/h3-6H2,1-2H3,(H2,11,16,17). The third-order valence-electron chi connectivity index (χ3n) is 2.98. The van der Waals surface area contributed by atoms with E-state index in [-0.39, 0.29) is 37.8 Å². The van der Waals surface area contributed by atoms with Crippen LogP contribution in [-0.4, -0.2) is 54.7 Å². The summed E-state index contributed by atoms with van der Waals surface area (Å²) in [5, 5.41) is 5.04. The number of aryl methyl sites for hydroxylation is 2. The maximum atomic E-state index is 12.2. The van der Waals surface area contributed by atoms with Crippen LogP contribution in [0.4, 0.5) is 0 Å². The van der Waals surface area contributed by atoms with Crippen molar-refractivity contribution in [1.82, 2.24) is 14.2 Å². The maximum Gasteiger partial charge on any atom is 0.291 e. The predicted molar refractivity (Wildman–Crippen MR) is 66.6 cm³/mol. The molecule has 0 unspecified atom stereocenters. The predicted octanol–water partition coefficient (Wildman–Crippen LogP) is -0.747. The molecule has 2 heterocycles. The summed E-state index contributed by atoms with van der Waals surface area (Å²) < 4.78 is 28.7. The van der Waals surface area contributed by atoms with Gasteiger partial charge in [0.25, 0.3) is 16.1 Å². The molecule has 1 aromatic rings. The summed E-state index contributed by atoms with van der Waals surface area (Å²) >= 11 is 0. The van der Waals surface area contributed by atoms with Gasteiger partial charge in [0.1, 0.15) is 0 Å². The molecule has 0 saturated carbocycles. The van der Waals surface area contributed by atoms with Crippen LogP contribution in [0.5, 0.6) is 0 Å². The van der Waals surface area contributed by atoms with Gasteiger partial charge in [-0.15, -0.1) is 0 Å². The molecule has 0 bridgehead atoms. The Morgan fingerprint density at radius 3 is 2.26 bits per heavy atom. The second kappa shape index (κ2) is 4.91. The van der Waals surface area contributed by atoms with Crippen LogP contribution in [0.1, 0.15) is 22.1 Å². The van der Waals surface area contributed by atoms with Crippen LogP contribution in [0.3, 0.4) is 0 Å². The molecule has 1 amide bonds. The number of amides is 1. The normalized spacial score (nSPS) is 17.7. The van der Waals surface area contributed by atoms with Gasteiger partial charge in [0, 0.05) is 33.1 Å². The number of aromatic nitrogens is 1. The Morgan fingerprint density at radius 1 is 1.26 bits per heavy atom. The third-order valence-corrected chi connectivity index (χ3v) is 4.07. The molecule has 106 valence electrons. The molecular weight excluding hydrogens is 272 g/mol. The Morgan fingerprint density at radius 2 is 1.84 bits per heavy atom. The fourth-order valence-electron chi connectivity index (χ4n) is 2.02. The molecule has 0 radical (unpaired) electrons. The van der Waals surface area contributed by atoms with E-state index < -0.39 is 10.2 Å². The van der Waals surface area contributed by atoms with E-state index in [4.69, 9.17) is 9.56 Å². The van der Waals surface area contributed by atoms with Gasteiger partial charge < -0.3 is 9.32 Å². The molecule has 8 nitrogen and oxygen atoms in total. The average molecular weight is 288 g/mol. The largest absolute Gasteiger partial charge is 0.436 e. The first-order chi connectivity index (χ1) is 8.79. The van der Waals surface area contributed by atoms with E-state index in [1.54, 1.807) is 13.8 Å². The second-order valence-corrected chi connectivity index (χ2v) is 5.93. The first kappa shape index (κ1) is 14.0. The van der Waals surface area contributed by atoms with Crippen molar-refractivity contribution in [2.24, 2.45) is 5.14 Å². The van der Waals surface area contributed by atoms with Crippen molar-refractivity contribution in [3.8, 4) is 0 Å².